The summed E-state index contributed by atoms with van der Waals surface area (Å²) < 4.78 is 12.2. The SMILES string of the molecule is C=CCCC(=O)OC[C@H](NC(=O)[C@@H]1[C@H]2C(=O)N([C@@H](CO)[C@@H](C)CC)[C@H](C(=O)N(CC=C)CCCCC)[C@]23CC[C@H]1O3)c1ccccc1. The molecule has 3 aliphatic rings. The lowest BCUT2D eigenvalue weighted by Crippen LogP contribution is -2.59. The molecule has 10 nitrogen and oxygen atoms in total. The van der Waals surface area contributed by atoms with E-state index in [1.165, 1.54) is 0 Å². The van der Waals surface area contributed by atoms with Gasteiger partial charge in [-0.05, 0) is 37.2 Å². The van der Waals surface area contributed by atoms with Crippen molar-refractivity contribution >= 4 is 23.7 Å². The van der Waals surface area contributed by atoms with Crippen LogP contribution in [0.25, 0.3) is 0 Å². The second kappa shape index (κ2) is 16.6. The number of unbranched alkanes of at least 4 members (excludes halogenated alkanes) is 2. The van der Waals surface area contributed by atoms with E-state index in [1.54, 1.807) is 22.0 Å². The van der Waals surface area contributed by atoms with Crippen molar-refractivity contribution in [2.45, 2.75) is 102 Å². The fraction of sp³-hybridized carbons (Fsp3) is 0.622. The smallest absolute Gasteiger partial charge is 0.306 e. The molecule has 258 valence electrons. The summed E-state index contributed by atoms with van der Waals surface area (Å²) in [5.41, 5.74) is -0.432. The Balaban J connectivity index is 1.68. The summed E-state index contributed by atoms with van der Waals surface area (Å²) in [6.07, 6.45) is 7.91. The van der Waals surface area contributed by atoms with Gasteiger partial charge in [0.1, 0.15) is 18.2 Å². The average Bonchev–Trinajstić information content (AvgIpc) is 3.73. The Morgan fingerprint density at radius 2 is 1.94 bits per heavy atom. The Kier molecular flexibility index (Phi) is 12.8. The second-order valence-electron chi connectivity index (χ2n) is 13.2. The van der Waals surface area contributed by atoms with Crippen molar-refractivity contribution in [3.8, 4) is 0 Å². The van der Waals surface area contributed by atoms with Crippen LogP contribution in [0, 0.1) is 17.8 Å². The number of allylic oxidation sites excluding steroid dienone is 1. The molecule has 1 spiro atoms. The lowest BCUT2D eigenvalue weighted by Gasteiger charge is -2.41. The molecule has 8 atom stereocenters. The van der Waals surface area contributed by atoms with Gasteiger partial charge in [0.05, 0.1) is 36.6 Å². The summed E-state index contributed by atoms with van der Waals surface area (Å²) >= 11 is 0. The van der Waals surface area contributed by atoms with E-state index in [4.69, 9.17) is 9.47 Å². The minimum atomic E-state index is -1.19. The molecule has 10 heteroatoms. The molecule has 1 aromatic rings. The van der Waals surface area contributed by atoms with Gasteiger partial charge in [0.25, 0.3) is 0 Å². The van der Waals surface area contributed by atoms with Crippen LogP contribution in [0.15, 0.2) is 55.6 Å². The molecular formula is C37H53N3O7. The van der Waals surface area contributed by atoms with Crippen LogP contribution < -0.4 is 5.32 Å². The van der Waals surface area contributed by atoms with E-state index in [0.717, 1.165) is 24.8 Å². The van der Waals surface area contributed by atoms with Crippen LogP contribution in [-0.4, -0.2) is 88.7 Å². The molecular weight excluding hydrogens is 598 g/mol. The predicted molar refractivity (Wildman–Crippen MR) is 179 cm³/mol. The first-order chi connectivity index (χ1) is 22.7. The van der Waals surface area contributed by atoms with Crippen molar-refractivity contribution in [1.82, 2.24) is 15.1 Å². The van der Waals surface area contributed by atoms with Gasteiger partial charge < -0.3 is 29.7 Å². The van der Waals surface area contributed by atoms with Gasteiger partial charge in [0.15, 0.2) is 0 Å². The standard InChI is InChI=1S/C37H53N3O7/c1-6-10-15-22-39(21-8-3)36(45)33-37-20-19-29(47-37)31(32(37)35(44)40(33)28(23-41)25(5)9-4)34(43)38-27(26-16-13-12-14-17-26)24-46-30(42)18-11-7-2/h7-8,12-14,16-17,25,27-29,31-33,41H,2-3,6,9-11,15,18-24H2,1,4-5H3,(H,38,43)/t25-,27-,28-,29+,31-,32-,33+,37-/m0/s1. The van der Waals surface area contributed by atoms with E-state index in [0.29, 0.717) is 38.8 Å². The highest BCUT2D eigenvalue weighted by atomic mass is 16.5. The molecule has 0 aliphatic carbocycles. The van der Waals surface area contributed by atoms with Gasteiger partial charge in [0, 0.05) is 19.5 Å². The molecule has 3 fully saturated rings. The molecule has 3 heterocycles. The van der Waals surface area contributed by atoms with Crippen LogP contribution in [0.3, 0.4) is 0 Å². The molecule has 3 aliphatic heterocycles. The number of fused-ring (bicyclic) bond motifs is 1. The highest BCUT2D eigenvalue weighted by molar-refractivity contribution is 5.99. The Bertz CT molecular complexity index is 1270. The van der Waals surface area contributed by atoms with E-state index in [-0.39, 0.29) is 43.3 Å². The van der Waals surface area contributed by atoms with Gasteiger partial charge >= 0.3 is 5.97 Å². The summed E-state index contributed by atoms with van der Waals surface area (Å²) in [7, 11) is 0. The number of nitrogens with zero attached hydrogens (tertiary/aromatic N) is 2. The summed E-state index contributed by atoms with van der Waals surface area (Å²) in [5, 5.41) is 13.7. The van der Waals surface area contributed by atoms with Gasteiger partial charge in [-0.2, -0.15) is 0 Å². The van der Waals surface area contributed by atoms with E-state index >= 15 is 0 Å². The molecule has 0 unspecified atom stereocenters. The summed E-state index contributed by atoms with van der Waals surface area (Å²) in [4.78, 5) is 59.1. The molecule has 2 bridgehead atoms. The Labute approximate surface area is 279 Å². The van der Waals surface area contributed by atoms with Gasteiger partial charge in [-0.3, -0.25) is 19.2 Å². The van der Waals surface area contributed by atoms with Crippen LogP contribution in [0.2, 0.25) is 0 Å². The van der Waals surface area contributed by atoms with E-state index < -0.39 is 47.6 Å². The third-order valence-corrected chi connectivity index (χ3v) is 10.3. The lowest BCUT2D eigenvalue weighted by atomic mass is 9.70. The van der Waals surface area contributed by atoms with Crippen molar-refractivity contribution in [2.75, 3.05) is 26.3 Å². The number of likely N-dealkylation sites (tertiary alicyclic amines) is 1. The highest BCUT2D eigenvalue weighted by Gasteiger charge is 2.75. The fourth-order valence-corrected chi connectivity index (χ4v) is 7.66. The maximum atomic E-state index is 14.6. The van der Waals surface area contributed by atoms with Crippen molar-refractivity contribution in [2.24, 2.45) is 17.8 Å². The summed E-state index contributed by atoms with van der Waals surface area (Å²) in [6, 6.07) is 7.03. The first-order valence-electron chi connectivity index (χ1n) is 17.3. The molecule has 47 heavy (non-hydrogen) atoms. The van der Waals surface area contributed by atoms with Crippen LogP contribution in [0.4, 0.5) is 0 Å². The zero-order chi connectivity index (χ0) is 34.1. The van der Waals surface area contributed by atoms with Crippen molar-refractivity contribution in [3.05, 3.63) is 61.2 Å². The number of nitrogens with one attached hydrogen (secondary N) is 1. The first kappa shape index (κ1) is 36.3. The molecule has 0 aromatic heterocycles. The molecule has 2 N–H and O–H groups in total. The molecule has 3 amide bonds. The molecule has 1 aromatic carbocycles. The number of benzene rings is 1. The Morgan fingerprint density at radius 3 is 2.57 bits per heavy atom. The quantitative estimate of drug-likeness (QED) is 0.130. The largest absolute Gasteiger partial charge is 0.463 e. The zero-order valence-corrected chi connectivity index (χ0v) is 28.3. The third-order valence-electron chi connectivity index (χ3n) is 10.3. The van der Waals surface area contributed by atoms with Crippen LogP contribution in [0.5, 0.6) is 0 Å². The number of amides is 3. The highest BCUT2D eigenvalue weighted by Crippen LogP contribution is 2.59. The number of rotatable bonds is 19. The van der Waals surface area contributed by atoms with Crippen molar-refractivity contribution < 1.29 is 33.8 Å². The zero-order valence-electron chi connectivity index (χ0n) is 28.3. The average molecular weight is 652 g/mol. The van der Waals surface area contributed by atoms with Gasteiger partial charge in [-0.1, -0.05) is 82.5 Å². The maximum Gasteiger partial charge on any atom is 0.306 e. The van der Waals surface area contributed by atoms with Gasteiger partial charge in [-0.25, -0.2) is 0 Å². The van der Waals surface area contributed by atoms with Gasteiger partial charge in [-0.15, -0.1) is 13.2 Å². The molecule has 3 saturated heterocycles. The van der Waals surface area contributed by atoms with E-state index in [9.17, 15) is 24.3 Å². The summed E-state index contributed by atoms with van der Waals surface area (Å²) in [6.45, 7) is 14.0. The molecule has 0 radical (unpaired) electrons. The number of esters is 1. The molecule has 0 saturated carbocycles. The summed E-state index contributed by atoms with van der Waals surface area (Å²) in [5.74, 6) is -3.16. The lowest BCUT2D eigenvalue weighted by molar-refractivity contribution is -0.152. The number of aliphatic hydroxyl groups is 1. The first-order valence-corrected chi connectivity index (χ1v) is 17.3. The topological polar surface area (TPSA) is 125 Å². The predicted octanol–water partition coefficient (Wildman–Crippen LogP) is 4.34. The van der Waals surface area contributed by atoms with Crippen molar-refractivity contribution in [3.63, 3.8) is 0 Å². The van der Waals surface area contributed by atoms with Crippen LogP contribution in [0.1, 0.15) is 83.7 Å². The van der Waals surface area contributed by atoms with Crippen molar-refractivity contribution in [1.29, 1.82) is 0 Å². The normalized spacial score (nSPS) is 26.3. The Hall–Kier alpha value is -3.50. The number of aliphatic hydroxyl groups excluding tert-OH is 1. The maximum absolute atomic E-state index is 14.6. The fourth-order valence-electron chi connectivity index (χ4n) is 7.66. The number of hydrogen-bond donors (Lipinski definition) is 2. The number of ether oxygens (including phenoxy) is 2. The monoisotopic (exact) mass is 651 g/mol. The Morgan fingerprint density at radius 1 is 1.19 bits per heavy atom. The van der Waals surface area contributed by atoms with Gasteiger partial charge in [0.2, 0.25) is 17.7 Å². The van der Waals surface area contributed by atoms with E-state index in [2.05, 4.69) is 25.4 Å². The molecule has 4 rings (SSSR count). The van der Waals surface area contributed by atoms with E-state index in [1.807, 2.05) is 44.2 Å². The third kappa shape index (κ3) is 7.49. The minimum absolute atomic E-state index is 0.0736. The van der Waals surface area contributed by atoms with Crippen LogP contribution in [-0.2, 0) is 28.7 Å². The minimum Gasteiger partial charge on any atom is -0.463 e. The second-order valence-corrected chi connectivity index (χ2v) is 13.2. The number of hydrogen-bond acceptors (Lipinski definition) is 7. The van der Waals surface area contributed by atoms with Crippen LogP contribution >= 0.6 is 0 Å². The number of carbonyl (C=O) groups is 4. The number of carbonyl (C=O) groups excluding carboxylic acids is 4.